The molecule has 5 rings (SSSR count). The summed E-state index contributed by atoms with van der Waals surface area (Å²) in [5.41, 5.74) is 2.82. The van der Waals surface area contributed by atoms with Crippen LogP contribution in [-0.4, -0.2) is 65.0 Å². The Morgan fingerprint density at radius 3 is 2.14 bits per heavy atom. The molecule has 1 fully saturated rings. The molecule has 1 saturated heterocycles. The average Bonchev–Trinajstić information content (AvgIpc) is 3.35. The third-order valence-electron chi connectivity index (χ3n) is 6.77. The molecule has 0 spiro atoms. The molecule has 0 aliphatic carbocycles. The summed E-state index contributed by atoms with van der Waals surface area (Å²) in [6.45, 7) is 7.36. The van der Waals surface area contributed by atoms with E-state index in [-0.39, 0.29) is 11.3 Å². The number of hydrogen-bond acceptors (Lipinski definition) is 8. The predicted octanol–water partition coefficient (Wildman–Crippen LogP) is 4.00. The molecule has 3 heterocycles. The number of likely N-dealkylation sites (N-methyl/N-ethyl adjacent to an activating group) is 1. The number of rotatable bonds is 5. The van der Waals surface area contributed by atoms with Gasteiger partial charge in [-0.15, -0.1) is 11.3 Å². The molecule has 1 atom stereocenters. The molecular formula is C27H28N4O4S. The molecule has 186 valence electrons. The van der Waals surface area contributed by atoms with Gasteiger partial charge in [-0.3, -0.25) is 14.5 Å². The summed E-state index contributed by atoms with van der Waals surface area (Å²) in [4.78, 5) is 37.9. The van der Waals surface area contributed by atoms with Crippen LogP contribution in [0.4, 0.5) is 11.4 Å². The van der Waals surface area contributed by atoms with Crippen LogP contribution >= 0.6 is 11.3 Å². The number of nitrogens with zero attached hydrogens (tertiary/aromatic N) is 4. The van der Waals surface area contributed by atoms with E-state index in [4.69, 9.17) is 0 Å². The SMILES string of the molecule is Cc1nc(C)c(C(=O)C2=C(O)C(=O)N(c3ccc(N4CCN(C)CC4)cc3)C2c2ccc(O)cc2)s1. The van der Waals surface area contributed by atoms with Gasteiger partial charge in [-0.25, -0.2) is 4.98 Å². The summed E-state index contributed by atoms with van der Waals surface area (Å²) in [5, 5.41) is 21.5. The highest BCUT2D eigenvalue weighted by atomic mass is 32.1. The first kappa shape index (κ1) is 24.0. The minimum Gasteiger partial charge on any atom is -0.508 e. The number of carbonyl (C=O) groups is 2. The number of Topliss-reactive ketones (excluding diaryl/α,β-unsaturated/α-hetero) is 1. The number of anilines is 2. The molecule has 2 aromatic carbocycles. The second-order valence-corrected chi connectivity index (χ2v) is 10.4. The lowest BCUT2D eigenvalue weighted by molar-refractivity contribution is -0.117. The zero-order valence-corrected chi connectivity index (χ0v) is 21.2. The molecule has 3 aromatic rings. The number of piperazine rings is 1. The Hall–Kier alpha value is -3.69. The van der Waals surface area contributed by atoms with Gasteiger partial charge in [0.05, 0.1) is 27.2 Å². The summed E-state index contributed by atoms with van der Waals surface area (Å²) in [5.74, 6) is -1.55. The molecule has 0 saturated carbocycles. The first-order valence-electron chi connectivity index (χ1n) is 11.8. The third kappa shape index (κ3) is 4.25. The molecule has 9 heteroatoms. The van der Waals surface area contributed by atoms with Gasteiger partial charge in [0.15, 0.2) is 5.76 Å². The van der Waals surface area contributed by atoms with Gasteiger partial charge >= 0.3 is 0 Å². The van der Waals surface area contributed by atoms with Crippen LogP contribution in [0.5, 0.6) is 5.75 Å². The van der Waals surface area contributed by atoms with Gasteiger partial charge in [-0.2, -0.15) is 0 Å². The highest BCUT2D eigenvalue weighted by Crippen LogP contribution is 2.43. The fourth-order valence-corrected chi connectivity index (χ4v) is 5.70. The fraction of sp³-hybridized carbons (Fsp3) is 0.296. The normalized spacial score (nSPS) is 18.9. The molecule has 0 bridgehead atoms. The third-order valence-corrected chi connectivity index (χ3v) is 7.84. The first-order valence-corrected chi connectivity index (χ1v) is 12.6. The average molecular weight is 505 g/mol. The van der Waals surface area contributed by atoms with Crippen molar-refractivity contribution in [1.82, 2.24) is 9.88 Å². The minimum absolute atomic E-state index is 0.0144. The highest BCUT2D eigenvalue weighted by molar-refractivity contribution is 7.14. The van der Waals surface area contributed by atoms with Crippen LogP contribution in [0, 0.1) is 13.8 Å². The van der Waals surface area contributed by atoms with E-state index in [0.29, 0.717) is 21.8 Å². The molecule has 0 radical (unpaired) electrons. The minimum atomic E-state index is -0.845. The molecule has 1 amide bonds. The van der Waals surface area contributed by atoms with E-state index < -0.39 is 23.5 Å². The van der Waals surface area contributed by atoms with Crippen LogP contribution in [0.2, 0.25) is 0 Å². The second kappa shape index (κ2) is 9.40. The van der Waals surface area contributed by atoms with Gasteiger partial charge in [0.25, 0.3) is 5.91 Å². The zero-order valence-electron chi connectivity index (χ0n) is 20.4. The van der Waals surface area contributed by atoms with Crippen LogP contribution in [-0.2, 0) is 4.79 Å². The monoisotopic (exact) mass is 504 g/mol. The second-order valence-electron chi connectivity index (χ2n) is 9.21. The molecular weight excluding hydrogens is 476 g/mol. The van der Waals surface area contributed by atoms with Gasteiger partial charge in [0.2, 0.25) is 5.78 Å². The van der Waals surface area contributed by atoms with Crippen molar-refractivity contribution in [3.05, 3.63) is 81.0 Å². The zero-order chi connectivity index (χ0) is 25.6. The Morgan fingerprint density at radius 2 is 1.56 bits per heavy atom. The molecule has 2 aliphatic rings. The number of carbonyl (C=O) groups excluding carboxylic acids is 2. The van der Waals surface area contributed by atoms with Gasteiger partial charge in [0.1, 0.15) is 5.75 Å². The van der Waals surface area contributed by atoms with Crippen molar-refractivity contribution < 1.29 is 19.8 Å². The lowest BCUT2D eigenvalue weighted by atomic mass is 9.94. The number of phenols is 1. The van der Waals surface area contributed by atoms with E-state index in [1.807, 2.05) is 31.2 Å². The van der Waals surface area contributed by atoms with E-state index in [2.05, 4.69) is 21.8 Å². The standard InChI is InChI=1S/C27H28N4O4S/c1-16-26(36-17(2)28-16)24(33)22-23(18-4-10-21(32)11-5-18)31(27(35)25(22)34)20-8-6-19(7-9-20)30-14-12-29(3)13-15-30/h4-11,23,32,34H,12-15H2,1-3H3. The number of hydrogen-bond donors (Lipinski definition) is 2. The van der Waals surface area contributed by atoms with Gasteiger partial charge in [-0.05, 0) is 62.9 Å². The predicted molar refractivity (Wildman–Crippen MR) is 140 cm³/mol. The molecule has 1 unspecified atom stereocenters. The van der Waals surface area contributed by atoms with Gasteiger partial charge in [-0.1, -0.05) is 12.1 Å². The van der Waals surface area contributed by atoms with Crippen LogP contribution in [0.25, 0.3) is 0 Å². The number of aromatic hydroxyl groups is 1. The van der Waals surface area contributed by atoms with E-state index in [1.165, 1.54) is 28.4 Å². The maximum atomic E-state index is 13.7. The Balaban J connectivity index is 1.54. The van der Waals surface area contributed by atoms with Crippen LogP contribution in [0.3, 0.4) is 0 Å². The van der Waals surface area contributed by atoms with E-state index in [0.717, 1.165) is 36.9 Å². The number of aryl methyl sites for hydroxylation is 2. The Kier molecular flexibility index (Phi) is 6.27. The number of aliphatic hydroxyl groups is 1. The van der Waals surface area contributed by atoms with Crippen molar-refractivity contribution in [2.45, 2.75) is 19.9 Å². The summed E-state index contributed by atoms with van der Waals surface area (Å²) in [6, 6.07) is 13.1. The lowest BCUT2D eigenvalue weighted by Crippen LogP contribution is -2.44. The number of benzene rings is 2. The number of phenolic OH excluding ortho intramolecular Hbond substituents is 1. The number of amides is 1. The van der Waals surface area contributed by atoms with E-state index in [1.54, 1.807) is 19.1 Å². The van der Waals surface area contributed by atoms with Gasteiger partial charge < -0.3 is 20.0 Å². The maximum absolute atomic E-state index is 13.7. The Bertz CT molecular complexity index is 1340. The maximum Gasteiger partial charge on any atom is 0.294 e. The molecule has 2 N–H and O–H groups in total. The van der Waals surface area contributed by atoms with Crippen molar-refractivity contribution in [2.75, 3.05) is 43.0 Å². The number of thiazole rings is 1. The number of ketones is 1. The largest absolute Gasteiger partial charge is 0.508 e. The van der Waals surface area contributed by atoms with Crippen molar-refractivity contribution in [1.29, 1.82) is 0 Å². The summed E-state index contributed by atoms with van der Waals surface area (Å²) in [6.07, 6.45) is 0. The van der Waals surface area contributed by atoms with Crippen molar-refractivity contribution in [2.24, 2.45) is 0 Å². The quantitative estimate of drug-likeness (QED) is 0.507. The Morgan fingerprint density at radius 1 is 0.944 bits per heavy atom. The summed E-state index contributed by atoms with van der Waals surface area (Å²) < 4.78 is 0. The van der Waals surface area contributed by atoms with Crippen LogP contribution < -0.4 is 9.80 Å². The molecule has 1 aromatic heterocycles. The van der Waals surface area contributed by atoms with Crippen LogP contribution in [0.15, 0.2) is 59.9 Å². The van der Waals surface area contributed by atoms with Crippen molar-refractivity contribution in [3.63, 3.8) is 0 Å². The highest BCUT2D eigenvalue weighted by Gasteiger charge is 2.45. The molecule has 36 heavy (non-hydrogen) atoms. The van der Waals surface area contributed by atoms with Crippen molar-refractivity contribution in [3.8, 4) is 5.75 Å². The number of aromatic nitrogens is 1. The smallest absolute Gasteiger partial charge is 0.294 e. The number of aliphatic hydroxyl groups excluding tert-OH is 1. The van der Waals surface area contributed by atoms with Crippen molar-refractivity contribution >= 4 is 34.4 Å². The van der Waals surface area contributed by atoms with E-state index in [9.17, 15) is 19.8 Å². The lowest BCUT2D eigenvalue weighted by Gasteiger charge is -2.34. The van der Waals surface area contributed by atoms with Gasteiger partial charge in [0, 0.05) is 37.6 Å². The van der Waals surface area contributed by atoms with E-state index >= 15 is 0 Å². The fourth-order valence-electron chi connectivity index (χ4n) is 4.83. The summed E-state index contributed by atoms with van der Waals surface area (Å²) >= 11 is 1.24. The Labute approximate surface area is 213 Å². The van der Waals surface area contributed by atoms with Crippen LogP contribution in [0.1, 0.15) is 32.0 Å². The molecule has 8 nitrogen and oxygen atoms in total. The summed E-state index contributed by atoms with van der Waals surface area (Å²) in [7, 11) is 2.11. The first-order chi connectivity index (χ1) is 17.2. The topological polar surface area (TPSA) is 97.2 Å². The molecule has 2 aliphatic heterocycles.